The van der Waals surface area contributed by atoms with Crippen molar-refractivity contribution in [1.29, 1.82) is 0 Å². The molecule has 0 spiro atoms. The summed E-state index contributed by atoms with van der Waals surface area (Å²) in [6.07, 6.45) is -4.02. The van der Waals surface area contributed by atoms with Gasteiger partial charge in [-0.05, 0) is 12.1 Å². The highest BCUT2D eigenvalue weighted by molar-refractivity contribution is 5.91. The fraction of sp³-hybridized carbons (Fsp3) is 0.333. The molecule has 1 N–H and O–H groups in total. The van der Waals surface area contributed by atoms with E-state index in [4.69, 9.17) is 0 Å². The van der Waals surface area contributed by atoms with E-state index in [1.807, 2.05) is 5.48 Å². The second-order valence-corrected chi connectivity index (χ2v) is 2.86. The summed E-state index contributed by atoms with van der Waals surface area (Å²) < 4.78 is 35.1. The third-order valence-corrected chi connectivity index (χ3v) is 1.55. The summed E-state index contributed by atoms with van der Waals surface area (Å²) in [5.41, 5.74) is 1.95. The number of alkyl halides is 3. The zero-order chi connectivity index (χ0) is 12.0. The van der Waals surface area contributed by atoms with Crippen molar-refractivity contribution >= 4 is 5.91 Å². The Labute approximate surface area is 89.4 Å². The summed E-state index contributed by atoms with van der Waals surface area (Å²) in [7, 11) is 0. The minimum absolute atomic E-state index is 0.0782. The molecule has 0 aromatic carbocycles. The summed E-state index contributed by atoms with van der Waals surface area (Å²) >= 11 is 0. The van der Waals surface area contributed by atoms with E-state index in [0.29, 0.717) is 0 Å². The van der Waals surface area contributed by atoms with Crippen molar-refractivity contribution in [2.24, 2.45) is 0 Å². The number of pyridine rings is 1. The first kappa shape index (κ1) is 12.4. The fourth-order valence-corrected chi connectivity index (χ4v) is 0.833. The Morgan fingerprint density at radius 1 is 1.44 bits per heavy atom. The molecule has 4 nitrogen and oxygen atoms in total. The number of hydroxylamine groups is 1. The number of hydrogen-bond acceptors (Lipinski definition) is 3. The number of nitrogens with zero attached hydrogens (tertiary/aromatic N) is 1. The van der Waals surface area contributed by atoms with Gasteiger partial charge in [-0.25, -0.2) is 5.48 Å². The largest absolute Gasteiger partial charge is 0.391 e. The maximum Gasteiger partial charge on any atom is 0.391 e. The summed E-state index contributed by atoms with van der Waals surface area (Å²) in [5, 5.41) is 0. The van der Waals surface area contributed by atoms with Crippen LogP contribution in [-0.4, -0.2) is 23.7 Å². The highest BCUT2D eigenvalue weighted by Crippen LogP contribution is 2.18. The Morgan fingerprint density at radius 2 is 2.19 bits per heavy atom. The smallest absolute Gasteiger partial charge is 0.273 e. The van der Waals surface area contributed by atoms with Crippen LogP contribution in [0.25, 0.3) is 0 Å². The van der Waals surface area contributed by atoms with Crippen molar-refractivity contribution in [3.63, 3.8) is 0 Å². The van der Waals surface area contributed by atoms with Gasteiger partial charge in [0.15, 0.2) is 0 Å². The quantitative estimate of drug-likeness (QED) is 0.637. The first-order valence-corrected chi connectivity index (χ1v) is 4.39. The molecule has 0 fully saturated rings. The van der Waals surface area contributed by atoms with Crippen LogP contribution < -0.4 is 5.48 Å². The molecule has 1 rings (SSSR count). The van der Waals surface area contributed by atoms with E-state index >= 15 is 0 Å². The van der Waals surface area contributed by atoms with Crippen molar-refractivity contribution in [3.8, 4) is 0 Å². The van der Waals surface area contributed by atoms with Gasteiger partial charge in [-0.2, -0.15) is 13.2 Å². The zero-order valence-electron chi connectivity index (χ0n) is 8.12. The second kappa shape index (κ2) is 5.45. The predicted octanol–water partition coefficient (Wildman–Crippen LogP) is 1.70. The molecule has 0 atom stereocenters. The van der Waals surface area contributed by atoms with Crippen LogP contribution in [0.4, 0.5) is 13.2 Å². The highest BCUT2D eigenvalue weighted by atomic mass is 19.4. The molecule has 0 unspecified atom stereocenters. The van der Waals surface area contributed by atoms with Crippen molar-refractivity contribution < 1.29 is 22.8 Å². The minimum atomic E-state index is -4.30. The van der Waals surface area contributed by atoms with Gasteiger partial charge in [0.05, 0.1) is 13.0 Å². The lowest BCUT2D eigenvalue weighted by Crippen LogP contribution is -2.26. The number of amides is 1. The molecular formula is C9H9F3N2O2. The Balaban J connectivity index is 2.27. The highest BCUT2D eigenvalue weighted by Gasteiger charge is 2.26. The van der Waals surface area contributed by atoms with Crippen molar-refractivity contribution in [2.45, 2.75) is 12.6 Å². The summed E-state index contributed by atoms with van der Waals surface area (Å²) in [5.74, 6) is -0.678. The molecule has 16 heavy (non-hydrogen) atoms. The fourth-order valence-electron chi connectivity index (χ4n) is 0.833. The van der Waals surface area contributed by atoms with Crippen molar-refractivity contribution in [3.05, 3.63) is 30.1 Å². The number of carbonyl (C=O) groups excluding carboxylic acids is 1. The Bertz CT molecular complexity index is 340. The van der Waals surface area contributed by atoms with Gasteiger partial charge in [0.1, 0.15) is 5.69 Å². The zero-order valence-corrected chi connectivity index (χ0v) is 8.12. The van der Waals surface area contributed by atoms with Gasteiger partial charge in [-0.3, -0.25) is 14.6 Å². The summed E-state index contributed by atoms with van der Waals surface area (Å²) in [4.78, 5) is 19.2. The third-order valence-electron chi connectivity index (χ3n) is 1.55. The standard InChI is InChI=1S/C9H9F3N2O2/c10-9(11,12)4-6-16-14-8(15)7-3-1-2-5-13-7/h1-3,5H,4,6H2,(H,14,15). The van der Waals surface area contributed by atoms with Crippen LogP contribution in [0.1, 0.15) is 16.9 Å². The van der Waals surface area contributed by atoms with Gasteiger partial charge in [0.2, 0.25) is 0 Å². The molecule has 0 aliphatic heterocycles. The number of halogens is 3. The number of carbonyl (C=O) groups is 1. The number of aromatic nitrogens is 1. The number of hydrogen-bond donors (Lipinski definition) is 1. The summed E-state index contributed by atoms with van der Waals surface area (Å²) in [6.45, 7) is -0.623. The predicted molar refractivity (Wildman–Crippen MR) is 48.3 cm³/mol. The summed E-state index contributed by atoms with van der Waals surface area (Å²) in [6, 6.07) is 4.61. The Hall–Kier alpha value is -1.63. The van der Waals surface area contributed by atoms with Gasteiger partial charge in [0.25, 0.3) is 5.91 Å². The van der Waals surface area contributed by atoms with Crippen LogP contribution >= 0.6 is 0 Å². The molecule has 0 aliphatic rings. The van der Waals surface area contributed by atoms with E-state index in [1.165, 1.54) is 12.3 Å². The lowest BCUT2D eigenvalue weighted by atomic mass is 10.3. The van der Waals surface area contributed by atoms with Gasteiger partial charge in [-0.15, -0.1) is 0 Å². The average Bonchev–Trinajstić information content (AvgIpc) is 2.24. The van der Waals surface area contributed by atoms with Crippen molar-refractivity contribution in [2.75, 3.05) is 6.61 Å². The third kappa shape index (κ3) is 4.74. The van der Waals surface area contributed by atoms with Crippen LogP contribution in [0.5, 0.6) is 0 Å². The molecular weight excluding hydrogens is 225 g/mol. The van der Waals surface area contributed by atoms with E-state index < -0.39 is 25.1 Å². The Morgan fingerprint density at radius 3 is 2.75 bits per heavy atom. The molecule has 1 heterocycles. The van der Waals surface area contributed by atoms with Gasteiger partial charge >= 0.3 is 6.18 Å². The minimum Gasteiger partial charge on any atom is -0.273 e. The van der Waals surface area contributed by atoms with E-state index in [1.54, 1.807) is 12.1 Å². The van der Waals surface area contributed by atoms with Crippen LogP contribution in [0.3, 0.4) is 0 Å². The van der Waals surface area contributed by atoms with Gasteiger partial charge in [-0.1, -0.05) is 6.07 Å². The molecule has 0 saturated heterocycles. The maximum atomic E-state index is 11.7. The maximum absolute atomic E-state index is 11.7. The topological polar surface area (TPSA) is 51.2 Å². The molecule has 0 saturated carbocycles. The number of rotatable bonds is 4. The average molecular weight is 234 g/mol. The van der Waals surface area contributed by atoms with E-state index in [0.717, 1.165) is 0 Å². The van der Waals surface area contributed by atoms with Gasteiger partial charge < -0.3 is 0 Å². The Kier molecular flexibility index (Phi) is 4.24. The van der Waals surface area contributed by atoms with E-state index in [9.17, 15) is 18.0 Å². The molecule has 0 radical (unpaired) electrons. The van der Waals surface area contributed by atoms with Gasteiger partial charge in [0, 0.05) is 6.20 Å². The van der Waals surface area contributed by atoms with Crippen LogP contribution in [0.2, 0.25) is 0 Å². The van der Waals surface area contributed by atoms with E-state index in [2.05, 4.69) is 9.82 Å². The number of nitrogens with one attached hydrogen (secondary N) is 1. The molecule has 88 valence electrons. The SMILES string of the molecule is O=C(NOCCC(F)(F)F)c1ccccn1. The molecule has 0 aliphatic carbocycles. The van der Waals surface area contributed by atoms with Crippen LogP contribution in [0, 0.1) is 0 Å². The van der Waals surface area contributed by atoms with Crippen LogP contribution in [-0.2, 0) is 4.84 Å². The normalized spacial score (nSPS) is 11.2. The molecule has 0 bridgehead atoms. The van der Waals surface area contributed by atoms with Crippen molar-refractivity contribution in [1.82, 2.24) is 10.5 Å². The first-order chi connectivity index (χ1) is 7.49. The molecule has 1 aromatic rings. The molecule has 1 aromatic heterocycles. The molecule has 1 amide bonds. The lowest BCUT2D eigenvalue weighted by Gasteiger charge is -2.07. The molecule has 7 heteroatoms. The monoisotopic (exact) mass is 234 g/mol. The second-order valence-electron chi connectivity index (χ2n) is 2.86. The van der Waals surface area contributed by atoms with E-state index in [-0.39, 0.29) is 5.69 Å². The van der Waals surface area contributed by atoms with Crippen LogP contribution in [0.15, 0.2) is 24.4 Å². The first-order valence-electron chi connectivity index (χ1n) is 4.39. The lowest BCUT2D eigenvalue weighted by molar-refractivity contribution is -0.149.